The van der Waals surface area contributed by atoms with E-state index in [2.05, 4.69) is 17.9 Å². The molecule has 1 aromatic carbocycles. The predicted octanol–water partition coefficient (Wildman–Crippen LogP) is 1.62. The summed E-state index contributed by atoms with van der Waals surface area (Å²) in [6.45, 7) is 4.74. The molecule has 0 aromatic heterocycles. The molecule has 1 aliphatic rings. The molecule has 0 fully saturated rings. The van der Waals surface area contributed by atoms with E-state index in [-0.39, 0.29) is 6.10 Å². The molecule has 0 amide bonds. The molecule has 3 nitrogen and oxygen atoms in total. The summed E-state index contributed by atoms with van der Waals surface area (Å²) >= 11 is 0. The Hall–Kier alpha value is -1.22. The standard InChI is InChI=1S/C12H18N2O/c1-2-7-14-9-10(8-13)15-12-6-4-3-5-11(12)14/h3-6,10H,2,7-9,13H2,1H3. The summed E-state index contributed by atoms with van der Waals surface area (Å²) in [6, 6.07) is 8.17. The minimum Gasteiger partial charge on any atom is -0.485 e. The Labute approximate surface area is 90.8 Å². The first-order chi connectivity index (χ1) is 7.35. The van der Waals surface area contributed by atoms with Crippen LogP contribution in [0, 0.1) is 0 Å². The molecule has 2 rings (SSSR count). The summed E-state index contributed by atoms with van der Waals surface area (Å²) in [5.74, 6) is 0.965. The van der Waals surface area contributed by atoms with Gasteiger partial charge in [0.05, 0.1) is 12.2 Å². The first-order valence-corrected chi connectivity index (χ1v) is 5.56. The van der Waals surface area contributed by atoms with E-state index in [0.717, 1.165) is 25.3 Å². The molecule has 1 heterocycles. The van der Waals surface area contributed by atoms with Crippen LogP contribution >= 0.6 is 0 Å². The molecule has 2 N–H and O–H groups in total. The third kappa shape index (κ3) is 2.07. The number of nitrogens with zero attached hydrogens (tertiary/aromatic N) is 1. The highest BCUT2D eigenvalue weighted by atomic mass is 16.5. The fourth-order valence-electron chi connectivity index (χ4n) is 1.98. The molecule has 1 aromatic rings. The van der Waals surface area contributed by atoms with Gasteiger partial charge in [-0.05, 0) is 18.6 Å². The monoisotopic (exact) mass is 206 g/mol. The molecule has 1 atom stereocenters. The van der Waals surface area contributed by atoms with E-state index in [1.165, 1.54) is 5.69 Å². The Bertz CT molecular complexity index is 327. The molecule has 0 saturated carbocycles. The molecule has 15 heavy (non-hydrogen) atoms. The van der Waals surface area contributed by atoms with Crippen molar-refractivity contribution in [2.45, 2.75) is 19.4 Å². The zero-order valence-electron chi connectivity index (χ0n) is 9.15. The van der Waals surface area contributed by atoms with E-state index in [1.54, 1.807) is 0 Å². The van der Waals surface area contributed by atoms with Gasteiger partial charge in [-0.3, -0.25) is 0 Å². The maximum atomic E-state index is 5.79. The molecule has 0 saturated heterocycles. The molecular weight excluding hydrogens is 188 g/mol. The molecule has 3 heteroatoms. The molecule has 1 aliphatic heterocycles. The van der Waals surface area contributed by atoms with E-state index in [1.807, 2.05) is 18.2 Å². The predicted molar refractivity (Wildman–Crippen MR) is 62.4 cm³/mol. The SMILES string of the molecule is CCCN1CC(CN)Oc2ccccc21. The van der Waals surface area contributed by atoms with Crippen LogP contribution in [0.4, 0.5) is 5.69 Å². The highest BCUT2D eigenvalue weighted by Crippen LogP contribution is 2.32. The number of anilines is 1. The van der Waals surface area contributed by atoms with Gasteiger partial charge >= 0.3 is 0 Å². The fourth-order valence-corrected chi connectivity index (χ4v) is 1.98. The Balaban J connectivity index is 2.25. The van der Waals surface area contributed by atoms with Gasteiger partial charge < -0.3 is 15.4 Å². The molecular formula is C12H18N2O. The van der Waals surface area contributed by atoms with E-state index < -0.39 is 0 Å². The van der Waals surface area contributed by atoms with Crippen LogP contribution in [0.2, 0.25) is 0 Å². The van der Waals surface area contributed by atoms with Crippen LogP contribution in [0.5, 0.6) is 5.75 Å². The molecule has 0 aliphatic carbocycles. The van der Waals surface area contributed by atoms with Crippen LogP contribution in [0.3, 0.4) is 0 Å². The van der Waals surface area contributed by atoms with Crippen LogP contribution in [0.1, 0.15) is 13.3 Å². The summed E-state index contributed by atoms with van der Waals surface area (Å²) in [5, 5.41) is 0. The number of nitrogens with two attached hydrogens (primary N) is 1. The number of benzene rings is 1. The van der Waals surface area contributed by atoms with E-state index >= 15 is 0 Å². The average Bonchev–Trinajstić information content (AvgIpc) is 2.29. The highest BCUT2D eigenvalue weighted by molar-refractivity contribution is 5.60. The van der Waals surface area contributed by atoms with E-state index in [0.29, 0.717) is 6.54 Å². The van der Waals surface area contributed by atoms with Crippen molar-refractivity contribution in [2.75, 3.05) is 24.5 Å². The van der Waals surface area contributed by atoms with Crippen LogP contribution in [0.15, 0.2) is 24.3 Å². The summed E-state index contributed by atoms with van der Waals surface area (Å²) < 4.78 is 5.79. The normalized spacial score (nSPS) is 19.6. The third-order valence-electron chi connectivity index (χ3n) is 2.68. The van der Waals surface area contributed by atoms with Crippen molar-refractivity contribution in [1.82, 2.24) is 0 Å². The van der Waals surface area contributed by atoms with Gasteiger partial charge in [0.15, 0.2) is 0 Å². The minimum atomic E-state index is 0.131. The average molecular weight is 206 g/mol. The van der Waals surface area contributed by atoms with Crippen molar-refractivity contribution in [3.63, 3.8) is 0 Å². The lowest BCUT2D eigenvalue weighted by Crippen LogP contribution is -2.44. The number of ether oxygens (including phenoxy) is 1. The first-order valence-electron chi connectivity index (χ1n) is 5.56. The summed E-state index contributed by atoms with van der Waals surface area (Å²) in [4.78, 5) is 2.36. The number of rotatable bonds is 3. The van der Waals surface area contributed by atoms with Crippen molar-refractivity contribution >= 4 is 5.69 Å². The van der Waals surface area contributed by atoms with Crippen LogP contribution < -0.4 is 15.4 Å². The Morgan fingerprint density at radius 2 is 2.27 bits per heavy atom. The van der Waals surface area contributed by atoms with Gasteiger partial charge in [-0.15, -0.1) is 0 Å². The summed E-state index contributed by atoms with van der Waals surface area (Å²) in [5.41, 5.74) is 6.87. The molecule has 0 spiro atoms. The number of hydrogen-bond acceptors (Lipinski definition) is 3. The largest absolute Gasteiger partial charge is 0.485 e. The lowest BCUT2D eigenvalue weighted by Gasteiger charge is -2.35. The minimum absolute atomic E-state index is 0.131. The van der Waals surface area contributed by atoms with Crippen molar-refractivity contribution in [3.8, 4) is 5.75 Å². The second-order valence-electron chi connectivity index (χ2n) is 3.89. The van der Waals surface area contributed by atoms with Gasteiger partial charge in [0.1, 0.15) is 11.9 Å². The molecule has 0 radical (unpaired) electrons. The second-order valence-corrected chi connectivity index (χ2v) is 3.89. The number of fused-ring (bicyclic) bond motifs is 1. The van der Waals surface area contributed by atoms with E-state index in [9.17, 15) is 0 Å². The smallest absolute Gasteiger partial charge is 0.143 e. The van der Waals surface area contributed by atoms with Gasteiger partial charge in [0.25, 0.3) is 0 Å². The van der Waals surface area contributed by atoms with E-state index in [4.69, 9.17) is 10.5 Å². The number of hydrogen-bond donors (Lipinski definition) is 1. The maximum absolute atomic E-state index is 5.79. The third-order valence-corrected chi connectivity index (χ3v) is 2.68. The maximum Gasteiger partial charge on any atom is 0.143 e. The Kier molecular flexibility index (Phi) is 3.11. The molecule has 1 unspecified atom stereocenters. The van der Waals surface area contributed by atoms with Crippen LogP contribution in [-0.4, -0.2) is 25.7 Å². The molecule has 82 valence electrons. The van der Waals surface area contributed by atoms with Gasteiger partial charge in [-0.2, -0.15) is 0 Å². The topological polar surface area (TPSA) is 38.5 Å². The first kappa shape index (κ1) is 10.3. The Morgan fingerprint density at radius 1 is 1.47 bits per heavy atom. The van der Waals surface area contributed by atoms with Crippen molar-refractivity contribution in [2.24, 2.45) is 5.73 Å². The summed E-state index contributed by atoms with van der Waals surface area (Å²) in [6.07, 6.45) is 1.28. The van der Waals surface area contributed by atoms with Gasteiger partial charge in [0.2, 0.25) is 0 Å². The fraction of sp³-hybridized carbons (Fsp3) is 0.500. The Morgan fingerprint density at radius 3 is 3.00 bits per heavy atom. The van der Waals surface area contributed by atoms with Crippen molar-refractivity contribution < 1.29 is 4.74 Å². The lowest BCUT2D eigenvalue weighted by atomic mass is 10.2. The second kappa shape index (κ2) is 4.53. The zero-order chi connectivity index (χ0) is 10.7. The van der Waals surface area contributed by atoms with Crippen molar-refractivity contribution in [1.29, 1.82) is 0 Å². The number of para-hydroxylation sites is 2. The zero-order valence-corrected chi connectivity index (χ0v) is 9.15. The lowest BCUT2D eigenvalue weighted by molar-refractivity contribution is 0.201. The van der Waals surface area contributed by atoms with Gasteiger partial charge in [-0.1, -0.05) is 19.1 Å². The molecule has 0 bridgehead atoms. The van der Waals surface area contributed by atoms with Crippen molar-refractivity contribution in [3.05, 3.63) is 24.3 Å². The quantitative estimate of drug-likeness (QED) is 0.816. The highest BCUT2D eigenvalue weighted by Gasteiger charge is 2.23. The summed E-state index contributed by atoms with van der Waals surface area (Å²) in [7, 11) is 0. The van der Waals surface area contributed by atoms with Gasteiger partial charge in [0, 0.05) is 13.1 Å². The van der Waals surface area contributed by atoms with Crippen LogP contribution in [0.25, 0.3) is 0 Å². The van der Waals surface area contributed by atoms with Gasteiger partial charge in [-0.25, -0.2) is 0 Å². The van der Waals surface area contributed by atoms with Crippen LogP contribution in [-0.2, 0) is 0 Å².